The summed E-state index contributed by atoms with van der Waals surface area (Å²) in [7, 11) is 3.52. The highest BCUT2D eigenvalue weighted by Crippen LogP contribution is 2.23. The second-order valence-corrected chi connectivity index (χ2v) is 7.55. The van der Waals surface area contributed by atoms with Gasteiger partial charge in [-0.05, 0) is 62.2 Å². The summed E-state index contributed by atoms with van der Waals surface area (Å²) in [5.74, 6) is 1.39. The summed E-state index contributed by atoms with van der Waals surface area (Å²) >= 11 is 0. The number of aryl methyl sites for hydroxylation is 2. The molecule has 1 aromatic heterocycles. The van der Waals surface area contributed by atoms with Gasteiger partial charge in [-0.3, -0.25) is 9.48 Å². The molecule has 3 aromatic rings. The molecular weight excluding hydrogens is 390 g/mol. The molecule has 1 heterocycles. The number of methoxy groups -OCH3 is 1. The van der Waals surface area contributed by atoms with Crippen molar-refractivity contribution in [3.05, 3.63) is 82.7 Å². The molecule has 1 N–H and O–H groups in total. The van der Waals surface area contributed by atoms with Crippen molar-refractivity contribution in [2.24, 2.45) is 7.05 Å². The number of carbonyl (C=O) groups is 1. The van der Waals surface area contributed by atoms with E-state index in [1.807, 2.05) is 70.3 Å². The molecule has 0 bridgehead atoms. The Morgan fingerprint density at radius 2 is 2.03 bits per heavy atom. The number of amides is 1. The molecule has 1 amide bonds. The Kier molecular flexibility index (Phi) is 7.13. The average Bonchev–Trinajstić information content (AvgIpc) is 3.09. The minimum absolute atomic E-state index is 0.125. The lowest BCUT2D eigenvalue weighted by Gasteiger charge is -2.13. The van der Waals surface area contributed by atoms with Gasteiger partial charge in [0.05, 0.1) is 19.3 Å². The molecule has 0 spiro atoms. The van der Waals surface area contributed by atoms with Crippen LogP contribution in [-0.4, -0.2) is 22.8 Å². The number of hydrogen-bond acceptors (Lipinski definition) is 4. The summed E-state index contributed by atoms with van der Waals surface area (Å²) in [5, 5.41) is 7.21. The molecular formula is C25H29N3O3. The molecule has 6 heteroatoms. The van der Waals surface area contributed by atoms with E-state index >= 15 is 0 Å². The fourth-order valence-corrected chi connectivity index (χ4v) is 3.33. The van der Waals surface area contributed by atoms with Crippen LogP contribution in [0, 0.1) is 13.8 Å². The monoisotopic (exact) mass is 419 g/mol. The van der Waals surface area contributed by atoms with Crippen molar-refractivity contribution in [2.45, 2.75) is 33.4 Å². The number of carbonyl (C=O) groups excluding carboxylic acids is 1. The van der Waals surface area contributed by atoms with E-state index in [1.54, 1.807) is 24.1 Å². The van der Waals surface area contributed by atoms with Crippen molar-refractivity contribution in [1.29, 1.82) is 0 Å². The van der Waals surface area contributed by atoms with E-state index in [1.165, 1.54) is 6.08 Å². The Balaban J connectivity index is 1.66. The highest BCUT2D eigenvalue weighted by Gasteiger charge is 2.13. The van der Waals surface area contributed by atoms with E-state index in [0.29, 0.717) is 6.61 Å². The minimum Gasteiger partial charge on any atom is -0.496 e. The van der Waals surface area contributed by atoms with Gasteiger partial charge in [0.15, 0.2) is 0 Å². The first-order chi connectivity index (χ1) is 14.9. The van der Waals surface area contributed by atoms with Gasteiger partial charge in [0, 0.05) is 29.9 Å². The SMILES string of the molecule is COc1ccc(/C=C/C(=O)NC(C)c2cnn(C)c2C)cc1COc1cccc(C)c1. The van der Waals surface area contributed by atoms with Crippen molar-refractivity contribution in [1.82, 2.24) is 15.1 Å². The molecule has 2 aromatic carbocycles. The minimum atomic E-state index is -0.163. The zero-order valence-corrected chi connectivity index (χ0v) is 18.7. The number of hydrogen-bond donors (Lipinski definition) is 1. The van der Waals surface area contributed by atoms with Crippen molar-refractivity contribution in [3.63, 3.8) is 0 Å². The average molecular weight is 420 g/mol. The van der Waals surface area contributed by atoms with E-state index in [0.717, 1.165) is 39.4 Å². The molecule has 31 heavy (non-hydrogen) atoms. The zero-order valence-electron chi connectivity index (χ0n) is 18.7. The summed E-state index contributed by atoms with van der Waals surface area (Å²) < 4.78 is 13.2. The first-order valence-electron chi connectivity index (χ1n) is 10.2. The van der Waals surface area contributed by atoms with Crippen LogP contribution in [0.5, 0.6) is 11.5 Å². The fraction of sp³-hybridized carbons (Fsp3) is 0.280. The summed E-state index contributed by atoms with van der Waals surface area (Å²) in [6.45, 7) is 6.33. The lowest BCUT2D eigenvalue weighted by Crippen LogP contribution is -2.25. The van der Waals surface area contributed by atoms with Crippen molar-refractivity contribution in [2.75, 3.05) is 7.11 Å². The van der Waals surface area contributed by atoms with E-state index in [9.17, 15) is 4.79 Å². The summed E-state index contributed by atoms with van der Waals surface area (Å²) in [6, 6.07) is 13.5. The van der Waals surface area contributed by atoms with Gasteiger partial charge in [0.1, 0.15) is 18.1 Å². The first-order valence-corrected chi connectivity index (χ1v) is 10.2. The van der Waals surface area contributed by atoms with E-state index in [-0.39, 0.29) is 11.9 Å². The Bertz CT molecular complexity index is 1090. The number of rotatable bonds is 8. The van der Waals surface area contributed by atoms with Crippen LogP contribution in [0.15, 0.2) is 54.7 Å². The number of ether oxygens (including phenoxy) is 2. The molecule has 1 unspecified atom stereocenters. The maximum atomic E-state index is 12.4. The third kappa shape index (κ3) is 5.75. The molecule has 1 atom stereocenters. The van der Waals surface area contributed by atoms with Crippen LogP contribution in [0.1, 0.15) is 40.9 Å². The summed E-state index contributed by atoms with van der Waals surface area (Å²) in [6.07, 6.45) is 5.11. The quantitative estimate of drug-likeness (QED) is 0.546. The van der Waals surface area contributed by atoms with Gasteiger partial charge in [-0.1, -0.05) is 18.2 Å². The number of aromatic nitrogens is 2. The molecule has 0 aliphatic carbocycles. The lowest BCUT2D eigenvalue weighted by atomic mass is 10.1. The maximum absolute atomic E-state index is 12.4. The molecule has 0 fully saturated rings. The highest BCUT2D eigenvalue weighted by atomic mass is 16.5. The van der Waals surface area contributed by atoms with Crippen molar-refractivity contribution in [3.8, 4) is 11.5 Å². The fourth-order valence-electron chi connectivity index (χ4n) is 3.33. The zero-order chi connectivity index (χ0) is 22.4. The first kappa shape index (κ1) is 22.2. The largest absolute Gasteiger partial charge is 0.496 e. The Morgan fingerprint density at radius 3 is 2.71 bits per heavy atom. The van der Waals surface area contributed by atoms with Crippen LogP contribution in [0.25, 0.3) is 6.08 Å². The maximum Gasteiger partial charge on any atom is 0.244 e. The van der Waals surface area contributed by atoms with Crippen LogP contribution >= 0.6 is 0 Å². The lowest BCUT2D eigenvalue weighted by molar-refractivity contribution is -0.117. The molecule has 0 saturated heterocycles. The summed E-state index contributed by atoms with van der Waals surface area (Å²) in [4.78, 5) is 12.4. The Hall–Kier alpha value is -3.54. The van der Waals surface area contributed by atoms with Crippen LogP contribution in [0.2, 0.25) is 0 Å². The molecule has 3 rings (SSSR count). The third-order valence-electron chi connectivity index (χ3n) is 5.21. The molecule has 0 aliphatic rings. The normalized spacial score (nSPS) is 12.0. The molecule has 162 valence electrons. The van der Waals surface area contributed by atoms with Gasteiger partial charge in [-0.2, -0.15) is 5.10 Å². The van der Waals surface area contributed by atoms with Crippen LogP contribution in [0.4, 0.5) is 0 Å². The number of nitrogens with one attached hydrogen (secondary N) is 1. The van der Waals surface area contributed by atoms with Crippen LogP contribution in [0.3, 0.4) is 0 Å². The number of nitrogens with zero attached hydrogens (tertiary/aromatic N) is 2. The summed E-state index contributed by atoms with van der Waals surface area (Å²) in [5.41, 5.74) is 4.98. The van der Waals surface area contributed by atoms with Gasteiger partial charge >= 0.3 is 0 Å². The smallest absolute Gasteiger partial charge is 0.244 e. The Morgan fingerprint density at radius 1 is 1.23 bits per heavy atom. The van der Waals surface area contributed by atoms with Crippen molar-refractivity contribution < 1.29 is 14.3 Å². The molecule has 6 nitrogen and oxygen atoms in total. The van der Waals surface area contributed by atoms with Crippen LogP contribution in [-0.2, 0) is 18.4 Å². The Labute approximate surface area is 183 Å². The van der Waals surface area contributed by atoms with Gasteiger partial charge in [0.25, 0.3) is 0 Å². The molecule has 0 radical (unpaired) electrons. The highest BCUT2D eigenvalue weighted by molar-refractivity contribution is 5.92. The predicted octanol–water partition coefficient (Wildman–Crippen LogP) is 4.52. The molecule has 0 aliphatic heterocycles. The van der Waals surface area contributed by atoms with Gasteiger partial charge in [-0.15, -0.1) is 0 Å². The van der Waals surface area contributed by atoms with Gasteiger partial charge < -0.3 is 14.8 Å². The van der Waals surface area contributed by atoms with Crippen molar-refractivity contribution >= 4 is 12.0 Å². The molecule has 0 saturated carbocycles. The second-order valence-electron chi connectivity index (χ2n) is 7.55. The predicted molar refractivity (Wildman–Crippen MR) is 122 cm³/mol. The van der Waals surface area contributed by atoms with E-state index in [2.05, 4.69) is 10.4 Å². The topological polar surface area (TPSA) is 65.4 Å². The van der Waals surface area contributed by atoms with Gasteiger partial charge in [0.2, 0.25) is 5.91 Å². The number of benzene rings is 2. The van der Waals surface area contributed by atoms with E-state index < -0.39 is 0 Å². The third-order valence-corrected chi connectivity index (χ3v) is 5.21. The van der Waals surface area contributed by atoms with Crippen LogP contribution < -0.4 is 14.8 Å². The second kappa shape index (κ2) is 9.98. The standard InChI is InChI=1S/C25H29N3O3/c1-17-7-6-8-22(13-17)31-16-21-14-20(9-11-24(21)30-5)10-12-25(29)27-18(2)23-15-26-28(4)19(23)3/h6-15,18H,16H2,1-5H3,(H,27,29)/b12-10+. The van der Waals surface area contributed by atoms with Gasteiger partial charge in [-0.25, -0.2) is 0 Å². The van der Waals surface area contributed by atoms with E-state index in [4.69, 9.17) is 9.47 Å².